The summed E-state index contributed by atoms with van der Waals surface area (Å²) in [6, 6.07) is 3.07. The van der Waals surface area contributed by atoms with Crippen LogP contribution in [0.25, 0.3) is 10.9 Å². The molecule has 18 heavy (non-hydrogen) atoms. The van der Waals surface area contributed by atoms with Gasteiger partial charge in [-0.1, -0.05) is 23.2 Å². The molecule has 1 N–H and O–H groups in total. The number of halogens is 2. The van der Waals surface area contributed by atoms with Gasteiger partial charge in [-0.05, 0) is 19.1 Å². The Hall–Kier alpha value is -1.52. The average molecular weight is 286 g/mol. The molecule has 1 heterocycles. The van der Waals surface area contributed by atoms with E-state index in [-0.39, 0.29) is 16.0 Å². The summed E-state index contributed by atoms with van der Waals surface area (Å²) in [5.74, 6) is -1.28. The van der Waals surface area contributed by atoms with Gasteiger partial charge in [0.05, 0.1) is 20.9 Å². The van der Waals surface area contributed by atoms with E-state index in [4.69, 9.17) is 28.3 Å². The maximum atomic E-state index is 12.1. The van der Waals surface area contributed by atoms with Crippen molar-refractivity contribution in [3.05, 3.63) is 44.2 Å². The first kappa shape index (κ1) is 12.9. The number of fused-ring (bicyclic) bond motifs is 1. The molecule has 1 aromatic heterocycles. The Morgan fingerprint density at radius 3 is 2.50 bits per heavy atom. The average Bonchev–Trinajstić information content (AvgIpc) is 2.33. The first-order valence-corrected chi connectivity index (χ1v) is 5.97. The lowest BCUT2D eigenvalue weighted by Crippen LogP contribution is -2.19. The predicted molar refractivity (Wildman–Crippen MR) is 70.9 cm³/mol. The van der Waals surface area contributed by atoms with Gasteiger partial charge >= 0.3 is 5.97 Å². The zero-order valence-electron chi connectivity index (χ0n) is 9.41. The van der Waals surface area contributed by atoms with Gasteiger partial charge in [0.1, 0.15) is 5.56 Å². The number of carboxylic acids is 1. The van der Waals surface area contributed by atoms with Crippen LogP contribution in [-0.4, -0.2) is 15.6 Å². The molecule has 2 aromatic rings. The molecule has 2 rings (SSSR count). The first-order valence-electron chi connectivity index (χ1n) is 5.21. The van der Waals surface area contributed by atoms with Crippen LogP contribution in [0.3, 0.4) is 0 Å². The Morgan fingerprint density at radius 1 is 1.33 bits per heavy atom. The van der Waals surface area contributed by atoms with Crippen LogP contribution in [0, 0.1) is 0 Å². The molecule has 0 saturated carbocycles. The highest BCUT2D eigenvalue weighted by atomic mass is 35.5. The van der Waals surface area contributed by atoms with Gasteiger partial charge in [0, 0.05) is 12.7 Å². The third-order valence-electron chi connectivity index (χ3n) is 2.69. The number of pyridine rings is 1. The van der Waals surface area contributed by atoms with Crippen LogP contribution in [0.1, 0.15) is 17.3 Å². The Balaban J connectivity index is 3.08. The minimum Gasteiger partial charge on any atom is -0.477 e. The van der Waals surface area contributed by atoms with Gasteiger partial charge in [-0.2, -0.15) is 0 Å². The highest BCUT2D eigenvalue weighted by Gasteiger charge is 2.17. The number of nitrogens with zero attached hydrogens (tertiary/aromatic N) is 1. The summed E-state index contributed by atoms with van der Waals surface area (Å²) in [6.45, 7) is 2.31. The Kier molecular flexibility index (Phi) is 3.32. The molecule has 4 nitrogen and oxygen atoms in total. The summed E-state index contributed by atoms with van der Waals surface area (Å²) in [5, 5.41) is 9.73. The van der Waals surface area contributed by atoms with Crippen LogP contribution >= 0.6 is 23.2 Å². The molecule has 0 aliphatic carbocycles. The highest BCUT2D eigenvalue weighted by molar-refractivity contribution is 6.39. The molecule has 94 valence electrons. The van der Waals surface area contributed by atoms with E-state index in [0.29, 0.717) is 17.1 Å². The van der Waals surface area contributed by atoms with Crippen LogP contribution in [0.2, 0.25) is 10.0 Å². The Labute approximate surface area is 112 Å². The van der Waals surface area contributed by atoms with Crippen molar-refractivity contribution in [3.8, 4) is 0 Å². The fraction of sp³-hybridized carbons (Fsp3) is 0.167. The zero-order valence-corrected chi connectivity index (χ0v) is 10.9. The fourth-order valence-electron chi connectivity index (χ4n) is 1.85. The van der Waals surface area contributed by atoms with Crippen LogP contribution in [0.15, 0.2) is 23.1 Å². The van der Waals surface area contributed by atoms with Gasteiger partial charge in [-0.15, -0.1) is 0 Å². The molecule has 1 aromatic carbocycles. The lowest BCUT2D eigenvalue weighted by Gasteiger charge is -2.12. The molecular weight excluding hydrogens is 277 g/mol. The molecule has 0 bridgehead atoms. The number of aromatic carboxylic acids is 1. The van der Waals surface area contributed by atoms with Crippen molar-refractivity contribution in [2.24, 2.45) is 0 Å². The normalized spacial score (nSPS) is 10.8. The van der Waals surface area contributed by atoms with Gasteiger partial charge in [-0.3, -0.25) is 4.79 Å². The van der Waals surface area contributed by atoms with Crippen molar-refractivity contribution in [2.75, 3.05) is 0 Å². The second-order valence-corrected chi connectivity index (χ2v) is 4.53. The third kappa shape index (κ3) is 1.87. The quantitative estimate of drug-likeness (QED) is 0.923. The maximum absolute atomic E-state index is 12.1. The van der Waals surface area contributed by atoms with E-state index in [9.17, 15) is 9.59 Å². The van der Waals surface area contributed by atoms with E-state index in [1.165, 1.54) is 12.3 Å². The number of hydrogen-bond donors (Lipinski definition) is 1. The number of rotatable bonds is 2. The SMILES string of the molecule is CCn1cc(C(=O)O)c(=O)c2c(Cl)ccc(Cl)c21. The minimum atomic E-state index is -1.28. The number of benzene rings is 1. The van der Waals surface area contributed by atoms with Gasteiger partial charge in [0.2, 0.25) is 5.43 Å². The van der Waals surface area contributed by atoms with Gasteiger partial charge in [0.25, 0.3) is 0 Å². The highest BCUT2D eigenvalue weighted by Crippen LogP contribution is 2.27. The maximum Gasteiger partial charge on any atom is 0.341 e. The van der Waals surface area contributed by atoms with Crippen LogP contribution in [0.4, 0.5) is 0 Å². The molecule has 0 unspecified atom stereocenters. The van der Waals surface area contributed by atoms with Crippen molar-refractivity contribution in [2.45, 2.75) is 13.5 Å². The Morgan fingerprint density at radius 2 is 1.94 bits per heavy atom. The van der Waals surface area contributed by atoms with Crippen molar-refractivity contribution in [1.29, 1.82) is 0 Å². The molecular formula is C12H9Cl2NO3. The zero-order chi connectivity index (χ0) is 13.4. The van der Waals surface area contributed by atoms with E-state index in [1.54, 1.807) is 10.6 Å². The van der Waals surface area contributed by atoms with E-state index < -0.39 is 11.4 Å². The van der Waals surface area contributed by atoms with Crippen molar-refractivity contribution in [3.63, 3.8) is 0 Å². The number of aryl methyl sites for hydroxylation is 1. The largest absolute Gasteiger partial charge is 0.477 e. The number of carbonyl (C=O) groups is 1. The van der Waals surface area contributed by atoms with Crippen molar-refractivity contribution < 1.29 is 9.90 Å². The standard InChI is InChI=1S/C12H9Cl2NO3/c1-2-15-5-6(12(17)18)11(16)9-7(13)3-4-8(14)10(9)15/h3-5H,2H2,1H3,(H,17,18). The number of carboxylic acid groups (broad SMARTS) is 1. The summed E-state index contributed by atoms with van der Waals surface area (Å²) in [4.78, 5) is 23.1. The van der Waals surface area contributed by atoms with Crippen molar-refractivity contribution in [1.82, 2.24) is 4.57 Å². The second kappa shape index (κ2) is 4.63. The molecule has 0 saturated heterocycles. The lowest BCUT2D eigenvalue weighted by atomic mass is 10.1. The van der Waals surface area contributed by atoms with Crippen LogP contribution in [-0.2, 0) is 6.54 Å². The fourth-order valence-corrected chi connectivity index (χ4v) is 2.36. The smallest absolute Gasteiger partial charge is 0.341 e. The molecule has 0 aliphatic heterocycles. The van der Waals surface area contributed by atoms with Crippen LogP contribution < -0.4 is 5.43 Å². The minimum absolute atomic E-state index is 0.144. The van der Waals surface area contributed by atoms with Crippen LogP contribution in [0.5, 0.6) is 0 Å². The topological polar surface area (TPSA) is 59.3 Å². The van der Waals surface area contributed by atoms with E-state index in [1.807, 2.05) is 6.92 Å². The van der Waals surface area contributed by atoms with E-state index >= 15 is 0 Å². The first-order chi connectivity index (χ1) is 8.47. The molecule has 0 radical (unpaired) electrons. The van der Waals surface area contributed by atoms with Gasteiger partial charge < -0.3 is 9.67 Å². The third-order valence-corrected chi connectivity index (χ3v) is 3.31. The summed E-state index contributed by atoms with van der Waals surface area (Å²) in [6.07, 6.45) is 1.29. The van der Waals surface area contributed by atoms with Crippen molar-refractivity contribution >= 4 is 40.1 Å². The molecule has 0 amide bonds. The predicted octanol–water partition coefficient (Wildman–Crippen LogP) is 3.03. The molecule has 0 aliphatic rings. The number of aromatic nitrogens is 1. The summed E-state index contributed by atoms with van der Waals surface area (Å²) < 4.78 is 1.61. The monoisotopic (exact) mass is 285 g/mol. The lowest BCUT2D eigenvalue weighted by molar-refractivity contribution is 0.0695. The molecule has 6 heteroatoms. The summed E-state index contributed by atoms with van der Waals surface area (Å²) in [5.41, 5.74) is -0.468. The van der Waals surface area contributed by atoms with E-state index in [2.05, 4.69) is 0 Å². The summed E-state index contributed by atoms with van der Waals surface area (Å²) >= 11 is 12.0. The summed E-state index contributed by atoms with van der Waals surface area (Å²) in [7, 11) is 0. The van der Waals surface area contributed by atoms with Gasteiger partial charge in [-0.25, -0.2) is 4.79 Å². The number of hydrogen-bond acceptors (Lipinski definition) is 2. The van der Waals surface area contributed by atoms with E-state index in [0.717, 1.165) is 0 Å². The van der Waals surface area contributed by atoms with Gasteiger partial charge in [0.15, 0.2) is 0 Å². The molecule has 0 fully saturated rings. The Bertz CT molecular complexity index is 707. The molecule has 0 atom stereocenters. The second-order valence-electron chi connectivity index (χ2n) is 3.72. The molecule has 0 spiro atoms.